The summed E-state index contributed by atoms with van der Waals surface area (Å²) in [5.41, 5.74) is 0. The maximum absolute atomic E-state index is 3.30. The molecule has 0 rings (SSSR count). The highest BCUT2D eigenvalue weighted by atomic mass is 14.8. The van der Waals surface area contributed by atoms with Gasteiger partial charge in [0.2, 0.25) is 0 Å². The molecule has 0 aromatic rings. The SMILES string of the molecule is [CH2]NC#CCC. The fourth-order valence-electron chi connectivity index (χ4n) is 0.151. The van der Waals surface area contributed by atoms with Crippen molar-refractivity contribution in [2.45, 2.75) is 13.3 Å². The molecule has 0 unspecified atom stereocenters. The highest BCUT2D eigenvalue weighted by Crippen LogP contribution is 1.61. The van der Waals surface area contributed by atoms with E-state index in [-0.39, 0.29) is 0 Å². The van der Waals surface area contributed by atoms with Crippen molar-refractivity contribution < 1.29 is 0 Å². The van der Waals surface area contributed by atoms with E-state index in [4.69, 9.17) is 0 Å². The van der Waals surface area contributed by atoms with Crippen LogP contribution in [0.3, 0.4) is 0 Å². The second-order valence-corrected chi connectivity index (χ2v) is 0.832. The zero-order chi connectivity index (χ0) is 4.83. The van der Waals surface area contributed by atoms with Crippen molar-refractivity contribution in [3.05, 3.63) is 7.05 Å². The van der Waals surface area contributed by atoms with Crippen LogP contribution in [-0.2, 0) is 0 Å². The summed E-state index contributed by atoms with van der Waals surface area (Å²) in [6.07, 6.45) is 0.891. The maximum atomic E-state index is 3.30. The third-order valence-electron chi connectivity index (χ3n) is 0.354. The van der Waals surface area contributed by atoms with E-state index < -0.39 is 0 Å². The zero-order valence-electron chi connectivity index (χ0n) is 3.91. The van der Waals surface area contributed by atoms with Gasteiger partial charge in [0.15, 0.2) is 0 Å². The number of rotatable bonds is 0. The summed E-state index contributed by atoms with van der Waals surface area (Å²) < 4.78 is 0. The quantitative estimate of drug-likeness (QED) is 0.335. The van der Waals surface area contributed by atoms with Crippen LogP contribution >= 0.6 is 0 Å². The van der Waals surface area contributed by atoms with Crippen LogP contribution < -0.4 is 5.32 Å². The van der Waals surface area contributed by atoms with Gasteiger partial charge in [0.1, 0.15) is 0 Å². The molecule has 0 heterocycles. The fraction of sp³-hybridized carbons (Fsp3) is 0.400. The molecule has 0 aliphatic rings. The molecule has 0 aliphatic heterocycles. The van der Waals surface area contributed by atoms with Crippen molar-refractivity contribution in [1.82, 2.24) is 5.32 Å². The van der Waals surface area contributed by atoms with Crippen LogP contribution in [0, 0.1) is 19.0 Å². The predicted molar refractivity (Wildman–Crippen MR) is 26.6 cm³/mol. The van der Waals surface area contributed by atoms with Crippen LogP contribution in [0.2, 0.25) is 0 Å². The Labute approximate surface area is 38.7 Å². The molecule has 0 fully saturated rings. The Balaban J connectivity index is 2.90. The van der Waals surface area contributed by atoms with Crippen LogP contribution in [-0.4, -0.2) is 0 Å². The monoisotopic (exact) mass is 82.1 g/mol. The number of hydrogen-bond acceptors (Lipinski definition) is 1. The summed E-state index contributed by atoms with van der Waals surface area (Å²) in [7, 11) is 3.30. The van der Waals surface area contributed by atoms with Crippen molar-refractivity contribution in [3.63, 3.8) is 0 Å². The molecule has 33 valence electrons. The van der Waals surface area contributed by atoms with Crippen molar-refractivity contribution in [3.8, 4) is 12.0 Å². The minimum atomic E-state index is 0.891. The van der Waals surface area contributed by atoms with Gasteiger partial charge in [0.25, 0.3) is 0 Å². The zero-order valence-corrected chi connectivity index (χ0v) is 3.91. The molecule has 6 heavy (non-hydrogen) atoms. The Morgan fingerprint density at radius 2 is 2.50 bits per heavy atom. The largest absolute Gasteiger partial charge is 0.344 e. The molecule has 1 nitrogen and oxygen atoms in total. The van der Waals surface area contributed by atoms with E-state index in [2.05, 4.69) is 24.3 Å². The van der Waals surface area contributed by atoms with Gasteiger partial charge in [-0.15, -0.1) is 0 Å². The lowest BCUT2D eigenvalue weighted by molar-refractivity contribution is 1.22. The van der Waals surface area contributed by atoms with Gasteiger partial charge >= 0.3 is 0 Å². The minimum Gasteiger partial charge on any atom is -0.344 e. The van der Waals surface area contributed by atoms with Gasteiger partial charge in [0, 0.05) is 19.5 Å². The summed E-state index contributed by atoms with van der Waals surface area (Å²) in [4.78, 5) is 0. The third kappa shape index (κ3) is 3.36. The van der Waals surface area contributed by atoms with Crippen LogP contribution in [0.1, 0.15) is 13.3 Å². The second kappa shape index (κ2) is 4.36. The maximum Gasteiger partial charge on any atom is 0.0410 e. The van der Waals surface area contributed by atoms with E-state index >= 15 is 0 Å². The van der Waals surface area contributed by atoms with Crippen molar-refractivity contribution in [2.75, 3.05) is 0 Å². The van der Waals surface area contributed by atoms with E-state index in [1.807, 2.05) is 6.92 Å². The van der Waals surface area contributed by atoms with Crippen LogP contribution in [0.4, 0.5) is 0 Å². The van der Waals surface area contributed by atoms with Crippen molar-refractivity contribution in [2.24, 2.45) is 0 Å². The molecule has 0 saturated carbocycles. The van der Waals surface area contributed by atoms with Crippen molar-refractivity contribution >= 4 is 0 Å². The van der Waals surface area contributed by atoms with Gasteiger partial charge in [-0.25, -0.2) is 0 Å². The molecule has 1 heteroatoms. The molecule has 1 N–H and O–H groups in total. The Kier molecular flexibility index (Phi) is 3.89. The number of hydrogen-bond donors (Lipinski definition) is 1. The second-order valence-electron chi connectivity index (χ2n) is 0.832. The van der Waals surface area contributed by atoms with Gasteiger partial charge in [-0.2, -0.15) is 0 Å². The van der Waals surface area contributed by atoms with Gasteiger partial charge in [-0.3, -0.25) is 0 Å². The average molecular weight is 82.1 g/mol. The van der Waals surface area contributed by atoms with E-state index in [0.29, 0.717) is 0 Å². The van der Waals surface area contributed by atoms with E-state index in [1.165, 1.54) is 0 Å². The van der Waals surface area contributed by atoms with Gasteiger partial charge in [-0.1, -0.05) is 12.8 Å². The molecule has 0 aromatic carbocycles. The highest BCUT2D eigenvalue weighted by molar-refractivity contribution is 4.94. The third-order valence-corrected chi connectivity index (χ3v) is 0.354. The molecule has 0 amide bonds. The van der Waals surface area contributed by atoms with Gasteiger partial charge < -0.3 is 5.32 Å². The van der Waals surface area contributed by atoms with Gasteiger partial charge in [-0.05, 0) is 0 Å². The fourth-order valence-corrected chi connectivity index (χ4v) is 0.151. The summed E-state index contributed by atoms with van der Waals surface area (Å²) in [6, 6.07) is 2.59. The molecule has 0 atom stereocenters. The summed E-state index contributed by atoms with van der Waals surface area (Å²) >= 11 is 0. The molecule has 0 aliphatic carbocycles. The Morgan fingerprint density at radius 3 is 2.67 bits per heavy atom. The Bertz CT molecular complexity index is 57.7. The molecular formula is C5H8N. The van der Waals surface area contributed by atoms with Gasteiger partial charge in [0.05, 0.1) is 0 Å². The standard InChI is InChI=1S/C5H8N/c1-3-4-5-6-2/h6H,2-3H2,1H3. The average Bonchev–Trinajstić information content (AvgIpc) is 1.61. The van der Waals surface area contributed by atoms with Crippen molar-refractivity contribution in [1.29, 1.82) is 0 Å². The van der Waals surface area contributed by atoms with E-state index in [0.717, 1.165) is 6.42 Å². The highest BCUT2D eigenvalue weighted by Gasteiger charge is 1.53. The summed E-state index contributed by atoms with van der Waals surface area (Å²) in [5, 5.41) is 2.46. The number of nitrogens with one attached hydrogen (secondary N) is 1. The van der Waals surface area contributed by atoms with Crippen LogP contribution in [0.15, 0.2) is 0 Å². The first-order chi connectivity index (χ1) is 2.91. The summed E-state index contributed by atoms with van der Waals surface area (Å²) in [5.74, 6) is 2.77. The Morgan fingerprint density at radius 1 is 1.83 bits per heavy atom. The summed E-state index contributed by atoms with van der Waals surface area (Å²) in [6.45, 7) is 1.99. The van der Waals surface area contributed by atoms with E-state index in [9.17, 15) is 0 Å². The molecule has 0 aromatic heterocycles. The van der Waals surface area contributed by atoms with Crippen LogP contribution in [0.25, 0.3) is 0 Å². The predicted octanol–water partition coefficient (Wildman–Crippen LogP) is 0.738. The Hall–Kier alpha value is -0.640. The molecular weight excluding hydrogens is 74.1 g/mol. The smallest absolute Gasteiger partial charge is 0.0410 e. The topological polar surface area (TPSA) is 12.0 Å². The van der Waals surface area contributed by atoms with E-state index in [1.54, 1.807) is 0 Å². The molecule has 0 bridgehead atoms. The first-order valence-corrected chi connectivity index (χ1v) is 1.91. The van der Waals surface area contributed by atoms with Crippen LogP contribution in [0.5, 0.6) is 0 Å². The lowest BCUT2D eigenvalue weighted by Crippen LogP contribution is -1.86. The molecule has 1 radical (unpaired) electrons. The first kappa shape index (κ1) is 5.36. The molecule has 0 saturated heterocycles. The normalized spacial score (nSPS) is 5.67. The minimum absolute atomic E-state index is 0.891. The first-order valence-electron chi connectivity index (χ1n) is 1.91. The lowest BCUT2D eigenvalue weighted by atomic mass is 10.5. The molecule has 0 spiro atoms. The lowest BCUT2D eigenvalue weighted by Gasteiger charge is -1.71.